The van der Waals surface area contributed by atoms with Gasteiger partial charge in [0, 0.05) is 30.2 Å². The van der Waals surface area contributed by atoms with E-state index >= 15 is 0 Å². The Bertz CT molecular complexity index is 1390. The van der Waals surface area contributed by atoms with E-state index in [-0.39, 0.29) is 6.03 Å². The summed E-state index contributed by atoms with van der Waals surface area (Å²) in [5.41, 5.74) is 6.61. The van der Waals surface area contributed by atoms with Crippen molar-refractivity contribution in [2.75, 3.05) is 10.6 Å². The molecule has 0 fully saturated rings. The molecule has 0 radical (unpaired) electrons. The van der Waals surface area contributed by atoms with E-state index in [0.29, 0.717) is 17.3 Å². The van der Waals surface area contributed by atoms with Gasteiger partial charge in [0.15, 0.2) is 0 Å². The number of benzene rings is 2. The second kappa shape index (κ2) is 9.93. The number of aryl methyl sites for hydroxylation is 4. The highest BCUT2D eigenvalue weighted by atomic mass is 16.5. The zero-order valence-electron chi connectivity index (χ0n) is 19.8. The number of nitrogens with one attached hydrogen (secondary N) is 2. The predicted octanol–water partition coefficient (Wildman–Crippen LogP) is 6.33. The quantitative estimate of drug-likeness (QED) is 0.347. The van der Waals surface area contributed by atoms with Crippen molar-refractivity contribution >= 4 is 17.4 Å². The van der Waals surface area contributed by atoms with Gasteiger partial charge in [-0.2, -0.15) is 0 Å². The molecule has 2 N–H and O–H groups in total. The molecule has 4 aromatic rings. The average molecular weight is 466 g/mol. The van der Waals surface area contributed by atoms with Crippen LogP contribution in [0.4, 0.5) is 16.2 Å². The molecule has 2 aromatic heterocycles. The summed E-state index contributed by atoms with van der Waals surface area (Å²) in [6, 6.07) is 17.0. The van der Waals surface area contributed by atoms with Gasteiger partial charge in [0.25, 0.3) is 0 Å². The van der Waals surface area contributed by atoms with Gasteiger partial charge in [0.2, 0.25) is 5.88 Å². The maximum atomic E-state index is 12.5. The van der Waals surface area contributed by atoms with Crippen LogP contribution in [0.2, 0.25) is 0 Å². The van der Waals surface area contributed by atoms with Crippen LogP contribution in [0.15, 0.2) is 67.0 Å². The third kappa shape index (κ3) is 5.14. The first-order valence-corrected chi connectivity index (χ1v) is 11.8. The van der Waals surface area contributed by atoms with Crippen molar-refractivity contribution in [1.29, 1.82) is 0 Å². The van der Waals surface area contributed by atoms with Crippen LogP contribution in [0.3, 0.4) is 0 Å². The smallest absolute Gasteiger partial charge is 0.323 e. The van der Waals surface area contributed by atoms with Gasteiger partial charge in [0.05, 0.1) is 11.3 Å². The van der Waals surface area contributed by atoms with E-state index in [4.69, 9.17) is 4.74 Å². The number of nitrogens with zero attached hydrogens (tertiary/aromatic N) is 3. The van der Waals surface area contributed by atoms with Crippen LogP contribution >= 0.6 is 0 Å². The molecule has 0 saturated carbocycles. The summed E-state index contributed by atoms with van der Waals surface area (Å²) in [6.45, 7) is 3.95. The van der Waals surface area contributed by atoms with Crippen LogP contribution in [0.1, 0.15) is 35.9 Å². The molecule has 7 nitrogen and oxygen atoms in total. The Morgan fingerprint density at radius 2 is 1.74 bits per heavy atom. The molecule has 0 aliphatic heterocycles. The normalized spacial score (nSPS) is 12.2. The highest BCUT2D eigenvalue weighted by molar-refractivity contribution is 5.99. The first-order chi connectivity index (χ1) is 17.1. The lowest BCUT2D eigenvalue weighted by Gasteiger charge is -2.14. The topological polar surface area (TPSA) is 89.0 Å². The minimum absolute atomic E-state index is 0.279. The van der Waals surface area contributed by atoms with E-state index in [1.165, 1.54) is 17.5 Å². The number of carbonyl (C=O) groups excluding carboxylic acids is 1. The number of anilines is 2. The highest BCUT2D eigenvalue weighted by Gasteiger charge is 2.14. The monoisotopic (exact) mass is 465 g/mol. The standard InChI is InChI=1S/C28H27N5O2/c1-3-26-29-15-13-24(33-26)23-8-5-14-30-27(23)35-25-12-11-21(16-18(25)2)31-28(34)32-22-10-9-19-6-4-7-20(19)17-22/h5,8-17H,3-4,6-7H2,1-2H3,(H2,31,32,34). The number of fused-ring (bicyclic) bond motifs is 1. The van der Waals surface area contributed by atoms with Crippen molar-refractivity contribution in [3.63, 3.8) is 0 Å². The summed E-state index contributed by atoms with van der Waals surface area (Å²) in [6.07, 6.45) is 7.55. The van der Waals surface area contributed by atoms with Gasteiger partial charge in [-0.05, 0) is 91.4 Å². The van der Waals surface area contributed by atoms with Crippen molar-refractivity contribution in [3.8, 4) is 22.9 Å². The van der Waals surface area contributed by atoms with Crippen LogP contribution in [0.5, 0.6) is 11.6 Å². The number of pyridine rings is 1. The van der Waals surface area contributed by atoms with Gasteiger partial charge in [-0.15, -0.1) is 0 Å². The van der Waals surface area contributed by atoms with Crippen LogP contribution in [0, 0.1) is 6.92 Å². The molecular weight excluding hydrogens is 438 g/mol. The number of ether oxygens (including phenoxy) is 1. The van der Waals surface area contributed by atoms with Crippen LogP contribution in [-0.4, -0.2) is 21.0 Å². The van der Waals surface area contributed by atoms with E-state index < -0.39 is 0 Å². The van der Waals surface area contributed by atoms with Gasteiger partial charge in [-0.25, -0.2) is 19.7 Å². The van der Waals surface area contributed by atoms with Crippen molar-refractivity contribution in [3.05, 3.63) is 89.5 Å². The number of rotatable bonds is 6. The Kier molecular flexibility index (Phi) is 6.39. The summed E-state index contributed by atoms with van der Waals surface area (Å²) in [5, 5.41) is 5.83. The Labute approximate surface area is 204 Å². The first-order valence-electron chi connectivity index (χ1n) is 11.8. The Balaban J connectivity index is 1.29. The predicted molar refractivity (Wildman–Crippen MR) is 137 cm³/mol. The average Bonchev–Trinajstić information content (AvgIpc) is 3.34. The first kappa shape index (κ1) is 22.5. The zero-order chi connectivity index (χ0) is 24.2. The van der Waals surface area contributed by atoms with Crippen molar-refractivity contribution in [2.24, 2.45) is 0 Å². The van der Waals surface area contributed by atoms with Gasteiger partial charge < -0.3 is 15.4 Å². The van der Waals surface area contributed by atoms with E-state index in [1.807, 2.05) is 56.3 Å². The molecule has 2 amide bonds. The lowest BCUT2D eigenvalue weighted by Crippen LogP contribution is -2.19. The summed E-state index contributed by atoms with van der Waals surface area (Å²) in [7, 11) is 0. The molecule has 1 aliphatic rings. The SMILES string of the molecule is CCc1nccc(-c2cccnc2Oc2ccc(NC(=O)Nc3ccc4c(c3)CCC4)cc2C)n1. The molecule has 5 rings (SSSR count). The molecule has 2 aromatic carbocycles. The molecule has 0 bridgehead atoms. The third-order valence-electron chi connectivity index (χ3n) is 6.06. The van der Waals surface area contributed by atoms with Gasteiger partial charge >= 0.3 is 6.03 Å². The molecule has 176 valence electrons. The Morgan fingerprint density at radius 3 is 2.57 bits per heavy atom. The maximum Gasteiger partial charge on any atom is 0.323 e. The van der Waals surface area contributed by atoms with Crippen LogP contribution in [0.25, 0.3) is 11.3 Å². The summed E-state index contributed by atoms with van der Waals surface area (Å²) < 4.78 is 6.17. The van der Waals surface area contributed by atoms with Gasteiger partial charge in [0.1, 0.15) is 11.6 Å². The van der Waals surface area contributed by atoms with E-state index in [0.717, 1.165) is 47.6 Å². The number of urea groups is 1. The second-order valence-electron chi connectivity index (χ2n) is 8.57. The lowest BCUT2D eigenvalue weighted by atomic mass is 10.1. The molecule has 0 unspecified atom stereocenters. The molecule has 0 spiro atoms. The molecule has 2 heterocycles. The van der Waals surface area contributed by atoms with Crippen LogP contribution in [-0.2, 0) is 19.3 Å². The number of amides is 2. The van der Waals surface area contributed by atoms with Crippen LogP contribution < -0.4 is 15.4 Å². The minimum Gasteiger partial charge on any atom is -0.438 e. The molecule has 35 heavy (non-hydrogen) atoms. The third-order valence-corrected chi connectivity index (χ3v) is 6.06. The van der Waals surface area contributed by atoms with Crippen molar-refractivity contribution < 1.29 is 9.53 Å². The van der Waals surface area contributed by atoms with Gasteiger partial charge in [-0.1, -0.05) is 13.0 Å². The van der Waals surface area contributed by atoms with Crippen molar-refractivity contribution in [1.82, 2.24) is 15.0 Å². The number of carbonyl (C=O) groups is 1. The fourth-order valence-electron chi connectivity index (χ4n) is 4.28. The molecule has 0 saturated heterocycles. The summed E-state index contributed by atoms with van der Waals surface area (Å²) >= 11 is 0. The van der Waals surface area contributed by atoms with E-state index in [2.05, 4.69) is 37.7 Å². The van der Waals surface area contributed by atoms with E-state index in [1.54, 1.807) is 12.4 Å². The van der Waals surface area contributed by atoms with E-state index in [9.17, 15) is 4.79 Å². The second-order valence-corrected chi connectivity index (χ2v) is 8.57. The van der Waals surface area contributed by atoms with Crippen molar-refractivity contribution in [2.45, 2.75) is 39.5 Å². The lowest BCUT2D eigenvalue weighted by molar-refractivity contribution is 0.262. The maximum absolute atomic E-state index is 12.5. The Morgan fingerprint density at radius 1 is 0.943 bits per heavy atom. The summed E-state index contributed by atoms with van der Waals surface area (Å²) in [5.74, 6) is 1.88. The Hall–Kier alpha value is -4.26. The zero-order valence-corrected chi connectivity index (χ0v) is 19.8. The molecule has 0 atom stereocenters. The number of aromatic nitrogens is 3. The fraction of sp³-hybridized carbons (Fsp3) is 0.214. The fourth-order valence-corrected chi connectivity index (χ4v) is 4.28. The molecular formula is C28H27N5O2. The van der Waals surface area contributed by atoms with Gasteiger partial charge in [-0.3, -0.25) is 0 Å². The number of hydrogen-bond donors (Lipinski definition) is 2. The highest BCUT2D eigenvalue weighted by Crippen LogP contribution is 2.33. The molecule has 1 aliphatic carbocycles. The largest absolute Gasteiger partial charge is 0.438 e. The molecule has 7 heteroatoms. The number of hydrogen-bond acceptors (Lipinski definition) is 5. The minimum atomic E-state index is -0.279. The summed E-state index contributed by atoms with van der Waals surface area (Å²) in [4.78, 5) is 25.8.